The fourth-order valence-electron chi connectivity index (χ4n) is 2.79. The Bertz CT molecular complexity index is 485. The minimum Gasteiger partial charge on any atom is -0.465 e. The molecule has 1 aromatic carbocycles. The summed E-state index contributed by atoms with van der Waals surface area (Å²) in [6, 6.07) is 7.91. The number of esters is 1. The number of carbonyl (C=O) groups excluding carboxylic acids is 1. The summed E-state index contributed by atoms with van der Waals surface area (Å²) in [5.41, 5.74) is 8.05. The predicted octanol–water partition coefficient (Wildman–Crippen LogP) is 2.03. The largest absolute Gasteiger partial charge is 0.465 e. The Morgan fingerprint density at radius 1 is 1.50 bits per heavy atom. The van der Waals surface area contributed by atoms with Gasteiger partial charge in [0.25, 0.3) is 0 Å². The smallest absolute Gasteiger partial charge is 0.337 e. The highest BCUT2D eigenvalue weighted by atomic mass is 16.5. The van der Waals surface area contributed by atoms with Crippen molar-refractivity contribution in [3.05, 3.63) is 35.4 Å². The van der Waals surface area contributed by atoms with Crippen LogP contribution in [-0.2, 0) is 11.3 Å². The lowest BCUT2D eigenvalue weighted by Gasteiger charge is -2.42. The van der Waals surface area contributed by atoms with E-state index in [9.17, 15) is 4.79 Å². The van der Waals surface area contributed by atoms with Crippen LogP contribution in [0, 0.1) is 5.41 Å². The molecule has 1 heterocycles. The Labute approximate surface area is 120 Å². The molecule has 0 radical (unpaired) electrons. The van der Waals surface area contributed by atoms with Gasteiger partial charge in [-0.3, -0.25) is 4.90 Å². The van der Waals surface area contributed by atoms with E-state index in [1.165, 1.54) is 7.11 Å². The molecule has 0 amide bonds. The number of ether oxygens (including phenoxy) is 1. The van der Waals surface area contributed by atoms with E-state index in [1.54, 1.807) is 6.07 Å². The third kappa shape index (κ3) is 3.38. The van der Waals surface area contributed by atoms with Crippen molar-refractivity contribution in [1.29, 1.82) is 0 Å². The molecule has 0 bridgehead atoms. The molecule has 1 aliphatic rings. The number of nitrogens with zero attached hydrogens (tertiary/aromatic N) is 1. The number of likely N-dealkylation sites (tertiary alicyclic amines) is 1. The maximum Gasteiger partial charge on any atom is 0.337 e. The highest BCUT2D eigenvalue weighted by Crippen LogP contribution is 2.28. The van der Waals surface area contributed by atoms with E-state index in [1.807, 2.05) is 18.2 Å². The van der Waals surface area contributed by atoms with Crippen LogP contribution >= 0.6 is 0 Å². The first-order valence-electron chi connectivity index (χ1n) is 7.07. The van der Waals surface area contributed by atoms with E-state index in [-0.39, 0.29) is 17.4 Å². The first kappa shape index (κ1) is 15.0. The van der Waals surface area contributed by atoms with Crippen molar-refractivity contribution in [3.63, 3.8) is 0 Å². The lowest BCUT2D eigenvalue weighted by atomic mass is 9.79. The third-order valence-electron chi connectivity index (χ3n) is 4.15. The van der Waals surface area contributed by atoms with E-state index in [4.69, 9.17) is 10.5 Å². The normalized spacial score (nSPS) is 22.5. The summed E-state index contributed by atoms with van der Waals surface area (Å²) in [6.45, 7) is 7.27. The highest BCUT2D eigenvalue weighted by molar-refractivity contribution is 5.89. The van der Waals surface area contributed by atoms with Crippen molar-refractivity contribution in [2.75, 3.05) is 20.2 Å². The Hall–Kier alpha value is -1.39. The van der Waals surface area contributed by atoms with Gasteiger partial charge in [-0.1, -0.05) is 26.0 Å². The van der Waals surface area contributed by atoms with Gasteiger partial charge in [0.1, 0.15) is 0 Å². The van der Waals surface area contributed by atoms with Gasteiger partial charge in [0.05, 0.1) is 12.7 Å². The van der Waals surface area contributed by atoms with Gasteiger partial charge in [0, 0.05) is 25.7 Å². The quantitative estimate of drug-likeness (QED) is 0.858. The minimum absolute atomic E-state index is 0.137. The van der Waals surface area contributed by atoms with E-state index >= 15 is 0 Å². The van der Waals surface area contributed by atoms with Crippen molar-refractivity contribution >= 4 is 5.97 Å². The van der Waals surface area contributed by atoms with Crippen LogP contribution in [-0.4, -0.2) is 37.1 Å². The number of nitrogens with two attached hydrogens (primary N) is 1. The Balaban J connectivity index is 2.05. The molecule has 1 saturated heterocycles. The van der Waals surface area contributed by atoms with Crippen molar-refractivity contribution in [2.45, 2.75) is 32.9 Å². The molecule has 2 N–H and O–H groups in total. The summed E-state index contributed by atoms with van der Waals surface area (Å²) in [6.07, 6.45) is 1.02. The third-order valence-corrected chi connectivity index (χ3v) is 4.15. The lowest BCUT2D eigenvalue weighted by Crippen LogP contribution is -2.52. The Morgan fingerprint density at radius 3 is 2.90 bits per heavy atom. The number of carbonyl (C=O) groups is 1. The van der Waals surface area contributed by atoms with E-state index in [0.717, 1.165) is 31.6 Å². The standard InChI is InChI=1S/C16H24N2O2/c1-16(2)11-18(8-7-14(16)17)10-12-5-4-6-13(9-12)15(19)20-3/h4-6,9,14H,7-8,10-11,17H2,1-3H3. The molecule has 20 heavy (non-hydrogen) atoms. The number of rotatable bonds is 3. The molecule has 1 fully saturated rings. The van der Waals surface area contributed by atoms with Gasteiger partial charge in [0.2, 0.25) is 0 Å². The average Bonchev–Trinajstić information content (AvgIpc) is 2.42. The number of piperidine rings is 1. The summed E-state index contributed by atoms with van der Waals surface area (Å²) < 4.78 is 4.76. The maximum atomic E-state index is 11.6. The van der Waals surface area contributed by atoms with Crippen molar-refractivity contribution in [2.24, 2.45) is 11.1 Å². The molecule has 1 aromatic rings. The van der Waals surface area contributed by atoms with Crippen LogP contribution in [0.2, 0.25) is 0 Å². The number of hydrogen-bond acceptors (Lipinski definition) is 4. The molecule has 110 valence electrons. The molecule has 4 nitrogen and oxygen atoms in total. The second kappa shape index (κ2) is 5.94. The van der Waals surface area contributed by atoms with Crippen LogP contribution in [0.25, 0.3) is 0 Å². The zero-order chi connectivity index (χ0) is 14.8. The molecule has 0 aromatic heterocycles. The second-order valence-corrected chi connectivity index (χ2v) is 6.29. The van der Waals surface area contributed by atoms with E-state index < -0.39 is 0 Å². The molecule has 2 rings (SSSR count). The van der Waals surface area contributed by atoms with Gasteiger partial charge in [-0.15, -0.1) is 0 Å². The fraction of sp³-hybridized carbons (Fsp3) is 0.562. The fourth-order valence-corrected chi connectivity index (χ4v) is 2.79. The monoisotopic (exact) mass is 276 g/mol. The van der Waals surface area contributed by atoms with Gasteiger partial charge < -0.3 is 10.5 Å². The van der Waals surface area contributed by atoms with Crippen LogP contribution in [0.5, 0.6) is 0 Å². The average molecular weight is 276 g/mol. The topological polar surface area (TPSA) is 55.6 Å². The van der Waals surface area contributed by atoms with E-state index in [2.05, 4.69) is 18.7 Å². The number of benzene rings is 1. The van der Waals surface area contributed by atoms with Crippen LogP contribution in [0.4, 0.5) is 0 Å². The summed E-state index contributed by atoms with van der Waals surface area (Å²) in [5, 5.41) is 0. The first-order valence-corrected chi connectivity index (χ1v) is 7.07. The van der Waals surface area contributed by atoms with Gasteiger partial charge in [-0.05, 0) is 29.5 Å². The minimum atomic E-state index is -0.284. The molecule has 0 spiro atoms. The molecular formula is C16H24N2O2. The first-order chi connectivity index (χ1) is 9.42. The van der Waals surface area contributed by atoms with E-state index in [0.29, 0.717) is 5.56 Å². The second-order valence-electron chi connectivity index (χ2n) is 6.29. The van der Waals surface area contributed by atoms with Crippen LogP contribution in [0.1, 0.15) is 36.2 Å². The van der Waals surface area contributed by atoms with Gasteiger partial charge >= 0.3 is 5.97 Å². The van der Waals surface area contributed by atoms with Crippen molar-refractivity contribution in [3.8, 4) is 0 Å². The molecule has 0 saturated carbocycles. The zero-order valence-electron chi connectivity index (χ0n) is 12.6. The van der Waals surface area contributed by atoms with Gasteiger partial charge in [-0.2, -0.15) is 0 Å². The Morgan fingerprint density at radius 2 is 2.25 bits per heavy atom. The van der Waals surface area contributed by atoms with Crippen LogP contribution in [0.15, 0.2) is 24.3 Å². The summed E-state index contributed by atoms with van der Waals surface area (Å²) in [4.78, 5) is 14.0. The number of hydrogen-bond donors (Lipinski definition) is 1. The SMILES string of the molecule is COC(=O)c1cccc(CN2CCC(N)C(C)(C)C2)c1. The van der Waals surface area contributed by atoms with Crippen molar-refractivity contribution in [1.82, 2.24) is 4.90 Å². The Kier molecular flexibility index (Phi) is 4.45. The molecule has 4 heteroatoms. The lowest BCUT2D eigenvalue weighted by molar-refractivity contribution is 0.0600. The summed E-state index contributed by atoms with van der Waals surface area (Å²) in [5.74, 6) is -0.284. The highest BCUT2D eigenvalue weighted by Gasteiger charge is 2.33. The molecule has 1 atom stereocenters. The number of methoxy groups -OCH3 is 1. The zero-order valence-corrected chi connectivity index (χ0v) is 12.6. The van der Waals surface area contributed by atoms with Crippen LogP contribution < -0.4 is 5.73 Å². The molecule has 1 unspecified atom stereocenters. The molecule has 0 aliphatic carbocycles. The molecular weight excluding hydrogens is 252 g/mol. The summed E-state index contributed by atoms with van der Waals surface area (Å²) in [7, 11) is 1.41. The molecule has 1 aliphatic heterocycles. The van der Waals surface area contributed by atoms with Gasteiger partial charge in [0.15, 0.2) is 0 Å². The summed E-state index contributed by atoms with van der Waals surface area (Å²) >= 11 is 0. The van der Waals surface area contributed by atoms with Crippen LogP contribution in [0.3, 0.4) is 0 Å². The van der Waals surface area contributed by atoms with Crippen molar-refractivity contribution < 1.29 is 9.53 Å². The maximum absolute atomic E-state index is 11.6. The predicted molar refractivity (Wildman–Crippen MR) is 79.4 cm³/mol. The van der Waals surface area contributed by atoms with Gasteiger partial charge in [-0.25, -0.2) is 4.79 Å².